The van der Waals surface area contributed by atoms with E-state index in [2.05, 4.69) is 15.9 Å². The van der Waals surface area contributed by atoms with Gasteiger partial charge in [0.15, 0.2) is 0 Å². The van der Waals surface area contributed by atoms with Crippen LogP contribution in [0.15, 0.2) is 46.6 Å². The highest BCUT2D eigenvalue weighted by molar-refractivity contribution is 7.99. The Hall–Kier alpha value is -1.99. The molecule has 2 aromatic rings. The molecule has 0 aliphatic carbocycles. The number of rotatable bonds is 1. The Bertz CT molecular complexity index is 558. The van der Waals surface area contributed by atoms with E-state index in [-0.39, 0.29) is 0 Å². The van der Waals surface area contributed by atoms with E-state index in [9.17, 15) is 0 Å². The van der Waals surface area contributed by atoms with Gasteiger partial charge in [-0.1, -0.05) is 17.7 Å². The van der Waals surface area contributed by atoms with Crippen LogP contribution < -0.4 is 4.90 Å². The Morgan fingerprint density at radius 2 is 2.06 bits per heavy atom. The van der Waals surface area contributed by atoms with Crippen LogP contribution in [0.4, 0.5) is 11.5 Å². The van der Waals surface area contributed by atoms with Gasteiger partial charge < -0.3 is 4.90 Å². The third kappa shape index (κ3) is 1.65. The molecule has 0 fully saturated rings. The highest BCUT2D eigenvalue weighted by Gasteiger charge is 2.24. The average Bonchev–Trinajstić information content (AvgIpc) is 2.39. The van der Waals surface area contributed by atoms with Gasteiger partial charge in [0, 0.05) is 12.4 Å². The molecule has 0 unspecified atom stereocenters. The maximum Gasteiger partial charge on any atom is 0.148 e. The number of anilines is 2. The Morgan fingerprint density at radius 3 is 2.94 bits per heavy atom. The van der Waals surface area contributed by atoms with E-state index in [1.807, 2.05) is 29.2 Å². The summed E-state index contributed by atoms with van der Waals surface area (Å²) in [5, 5.41) is 0.975. The molecule has 3 heterocycles. The van der Waals surface area contributed by atoms with E-state index < -0.39 is 0 Å². The van der Waals surface area contributed by atoms with Gasteiger partial charge in [-0.25, -0.2) is 9.97 Å². The number of hydrogen-bond acceptors (Lipinski definition) is 4. The molecule has 0 N–H and O–H groups in total. The van der Waals surface area contributed by atoms with E-state index in [4.69, 9.17) is 6.42 Å². The molecule has 3 nitrogen and oxygen atoms in total. The highest BCUT2D eigenvalue weighted by Crippen LogP contribution is 2.45. The van der Waals surface area contributed by atoms with Crippen molar-refractivity contribution in [3.8, 4) is 12.3 Å². The van der Waals surface area contributed by atoms with Crippen molar-refractivity contribution in [2.45, 2.75) is 9.92 Å². The minimum atomic E-state index is 0.503. The molecule has 0 saturated carbocycles. The molecule has 4 heteroatoms. The molecule has 0 amide bonds. The summed E-state index contributed by atoms with van der Waals surface area (Å²) in [5.41, 5.74) is 1.03. The van der Waals surface area contributed by atoms with Crippen LogP contribution in [0.5, 0.6) is 0 Å². The number of terminal acetylenes is 1. The molecule has 0 bridgehead atoms. The summed E-state index contributed by atoms with van der Waals surface area (Å²) in [6.45, 7) is 0.503. The fraction of sp³-hybridized carbons (Fsp3) is 0.0769. The molecule has 82 valence electrons. The van der Waals surface area contributed by atoms with Gasteiger partial charge in [0.2, 0.25) is 0 Å². The van der Waals surface area contributed by atoms with Gasteiger partial charge in [-0.2, -0.15) is 0 Å². The molecule has 2 aromatic heterocycles. The van der Waals surface area contributed by atoms with Crippen LogP contribution in [0.3, 0.4) is 0 Å². The molecule has 0 spiro atoms. The minimum Gasteiger partial charge on any atom is -0.311 e. The fourth-order valence-electron chi connectivity index (χ4n) is 1.80. The first-order valence-electron chi connectivity index (χ1n) is 5.19. The van der Waals surface area contributed by atoms with Crippen LogP contribution in [-0.2, 0) is 0 Å². The van der Waals surface area contributed by atoms with Crippen LogP contribution >= 0.6 is 11.8 Å². The minimum absolute atomic E-state index is 0.503. The van der Waals surface area contributed by atoms with Gasteiger partial charge in [-0.3, -0.25) is 0 Å². The molecule has 1 aliphatic rings. The molecule has 17 heavy (non-hydrogen) atoms. The zero-order valence-corrected chi connectivity index (χ0v) is 9.81. The van der Waals surface area contributed by atoms with Gasteiger partial charge in [0.05, 0.1) is 17.1 Å². The Balaban J connectivity index is 2.18. The monoisotopic (exact) mass is 239 g/mol. The summed E-state index contributed by atoms with van der Waals surface area (Å²) >= 11 is 1.63. The van der Waals surface area contributed by atoms with Crippen molar-refractivity contribution in [3.63, 3.8) is 0 Å². The molecular formula is C13H9N3S. The lowest BCUT2D eigenvalue weighted by molar-refractivity contribution is 0.963. The normalized spacial score (nSPS) is 12.5. The topological polar surface area (TPSA) is 29.0 Å². The number of aromatic nitrogens is 2. The quantitative estimate of drug-likeness (QED) is 0.715. The van der Waals surface area contributed by atoms with E-state index >= 15 is 0 Å². The number of pyridine rings is 2. The highest BCUT2D eigenvalue weighted by atomic mass is 32.2. The van der Waals surface area contributed by atoms with Gasteiger partial charge >= 0.3 is 0 Å². The number of hydrogen-bond donors (Lipinski definition) is 0. The third-order valence-corrected chi connectivity index (χ3v) is 3.55. The van der Waals surface area contributed by atoms with E-state index in [1.165, 1.54) is 0 Å². The summed E-state index contributed by atoms with van der Waals surface area (Å²) < 4.78 is 0. The zero-order valence-electron chi connectivity index (χ0n) is 9.00. The third-order valence-electron chi connectivity index (χ3n) is 2.50. The molecule has 0 atom stereocenters. The van der Waals surface area contributed by atoms with Crippen molar-refractivity contribution in [2.75, 3.05) is 11.4 Å². The second kappa shape index (κ2) is 4.11. The van der Waals surface area contributed by atoms with Gasteiger partial charge in [-0.15, -0.1) is 6.42 Å². The summed E-state index contributed by atoms with van der Waals surface area (Å²) in [6, 6.07) is 7.89. The largest absolute Gasteiger partial charge is 0.311 e. The van der Waals surface area contributed by atoms with Crippen molar-refractivity contribution in [1.82, 2.24) is 9.97 Å². The average molecular weight is 239 g/mol. The van der Waals surface area contributed by atoms with Crippen LogP contribution in [0, 0.1) is 12.3 Å². The maximum atomic E-state index is 5.43. The van der Waals surface area contributed by atoms with E-state index in [1.54, 1.807) is 24.2 Å². The Kier molecular flexibility index (Phi) is 2.46. The van der Waals surface area contributed by atoms with Crippen LogP contribution in [0.2, 0.25) is 0 Å². The van der Waals surface area contributed by atoms with Gasteiger partial charge in [0.25, 0.3) is 0 Å². The summed E-state index contributed by atoms with van der Waals surface area (Å²) in [6.07, 6.45) is 9.00. The van der Waals surface area contributed by atoms with Gasteiger partial charge in [0.1, 0.15) is 10.8 Å². The van der Waals surface area contributed by atoms with Crippen LogP contribution in [-0.4, -0.2) is 16.5 Å². The van der Waals surface area contributed by atoms with Crippen molar-refractivity contribution in [3.05, 3.63) is 36.7 Å². The first-order chi connectivity index (χ1) is 8.40. The number of nitrogens with zero attached hydrogens (tertiary/aromatic N) is 3. The van der Waals surface area contributed by atoms with Crippen LogP contribution in [0.25, 0.3) is 0 Å². The van der Waals surface area contributed by atoms with E-state index in [0.29, 0.717) is 6.54 Å². The Morgan fingerprint density at radius 1 is 1.24 bits per heavy atom. The first kappa shape index (κ1) is 10.2. The van der Waals surface area contributed by atoms with Gasteiger partial charge in [-0.05, 0) is 24.3 Å². The lowest BCUT2D eigenvalue weighted by Crippen LogP contribution is -2.22. The summed E-state index contributed by atoms with van der Waals surface area (Å²) in [4.78, 5) is 11.9. The van der Waals surface area contributed by atoms with Crippen molar-refractivity contribution in [2.24, 2.45) is 0 Å². The van der Waals surface area contributed by atoms with Crippen LogP contribution in [0.1, 0.15) is 0 Å². The summed E-state index contributed by atoms with van der Waals surface area (Å²) in [5.74, 6) is 3.58. The molecular weight excluding hydrogens is 230 g/mol. The molecule has 3 rings (SSSR count). The Labute approximate surface area is 104 Å². The standard InChI is InChI=1S/C13H9N3S/c1-2-9-16-10-5-3-8-15-13(10)17-11-6-4-7-14-12(11)16/h1,3-8H,9H2. The number of fused-ring (bicyclic) bond motifs is 2. The maximum absolute atomic E-state index is 5.43. The first-order valence-corrected chi connectivity index (χ1v) is 6.00. The van der Waals surface area contributed by atoms with Crippen molar-refractivity contribution >= 4 is 23.3 Å². The predicted octanol–water partition coefficient (Wildman–Crippen LogP) is 2.71. The lowest BCUT2D eigenvalue weighted by atomic mass is 10.3. The second-order valence-electron chi connectivity index (χ2n) is 3.55. The lowest BCUT2D eigenvalue weighted by Gasteiger charge is -2.28. The molecule has 1 aliphatic heterocycles. The van der Waals surface area contributed by atoms with Crippen molar-refractivity contribution < 1.29 is 0 Å². The predicted molar refractivity (Wildman–Crippen MR) is 68.4 cm³/mol. The summed E-state index contributed by atoms with van der Waals surface area (Å²) in [7, 11) is 0. The smallest absolute Gasteiger partial charge is 0.148 e. The SMILES string of the molecule is C#CCN1c2cccnc2Sc2cccnc21. The molecule has 0 aromatic carbocycles. The molecule has 0 radical (unpaired) electrons. The van der Waals surface area contributed by atoms with Crippen molar-refractivity contribution in [1.29, 1.82) is 0 Å². The zero-order chi connectivity index (χ0) is 11.7. The molecule has 0 saturated heterocycles. The second-order valence-corrected chi connectivity index (χ2v) is 4.58. The van der Waals surface area contributed by atoms with E-state index in [0.717, 1.165) is 21.4 Å². The fourth-order valence-corrected chi connectivity index (χ4v) is 2.81.